The van der Waals surface area contributed by atoms with Gasteiger partial charge >= 0.3 is 0 Å². The van der Waals surface area contributed by atoms with Gasteiger partial charge < -0.3 is 10.2 Å². The molecule has 2 aromatic carbocycles. The van der Waals surface area contributed by atoms with Crippen LogP contribution < -0.4 is 5.32 Å². The second-order valence-corrected chi connectivity index (χ2v) is 6.30. The molecule has 1 fully saturated rings. The summed E-state index contributed by atoms with van der Waals surface area (Å²) in [5, 5.41) is 3.49. The molecule has 0 amide bonds. The van der Waals surface area contributed by atoms with Crippen LogP contribution in [-0.4, -0.2) is 19.0 Å². The maximum Gasteiger partial charge on any atom is 0.0400 e. The Labute approximate surface area is 127 Å². The Morgan fingerprint density at radius 1 is 0.905 bits per heavy atom. The van der Waals surface area contributed by atoms with Crippen molar-refractivity contribution >= 4 is 5.69 Å². The highest BCUT2D eigenvalue weighted by atomic mass is 15.0. The molecule has 2 aromatic rings. The molecule has 21 heavy (non-hydrogen) atoms. The number of benzene rings is 2. The quantitative estimate of drug-likeness (QED) is 0.851. The van der Waals surface area contributed by atoms with Gasteiger partial charge in [0.05, 0.1) is 0 Å². The summed E-state index contributed by atoms with van der Waals surface area (Å²) >= 11 is 0. The molecule has 0 spiro atoms. The minimum atomic E-state index is 0.844. The van der Waals surface area contributed by atoms with Crippen molar-refractivity contribution in [3.8, 4) is 0 Å². The van der Waals surface area contributed by atoms with Crippen LogP contribution in [0.15, 0.2) is 48.5 Å². The van der Waals surface area contributed by atoms with E-state index in [9.17, 15) is 0 Å². The van der Waals surface area contributed by atoms with Crippen LogP contribution in [0.4, 0.5) is 5.69 Å². The molecule has 0 bridgehead atoms. The van der Waals surface area contributed by atoms with Gasteiger partial charge in [-0.25, -0.2) is 0 Å². The average molecular weight is 280 g/mol. The first-order valence-corrected chi connectivity index (χ1v) is 7.77. The predicted molar refractivity (Wildman–Crippen MR) is 89.6 cm³/mol. The number of anilines is 1. The van der Waals surface area contributed by atoms with Gasteiger partial charge in [0, 0.05) is 18.8 Å². The first kappa shape index (κ1) is 14.2. The lowest BCUT2D eigenvalue weighted by Crippen LogP contribution is -2.10. The monoisotopic (exact) mass is 280 g/mol. The van der Waals surface area contributed by atoms with Gasteiger partial charge in [-0.15, -0.1) is 0 Å². The van der Waals surface area contributed by atoms with E-state index < -0.39 is 0 Å². The van der Waals surface area contributed by atoms with Crippen LogP contribution >= 0.6 is 0 Å². The van der Waals surface area contributed by atoms with Crippen LogP contribution in [0.1, 0.15) is 35.4 Å². The Bertz CT molecular complexity index is 566. The van der Waals surface area contributed by atoms with Crippen LogP contribution in [-0.2, 0) is 13.1 Å². The third kappa shape index (κ3) is 4.08. The highest BCUT2D eigenvalue weighted by molar-refractivity contribution is 5.45. The van der Waals surface area contributed by atoms with Crippen molar-refractivity contribution in [3.05, 3.63) is 65.2 Å². The number of hydrogen-bond donors (Lipinski definition) is 1. The summed E-state index contributed by atoms with van der Waals surface area (Å²) in [4.78, 5) is 2.18. The molecule has 0 aromatic heterocycles. The number of hydrogen-bond acceptors (Lipinski definition) is 2. The fourth-order valence-electron chi connectivity index (χ4n) is 2.62. The van der Waals surface area contributed by atoms with E-state index in [1.807, 2.05) is 0 Å². The second-order valence-electron chi connectivity index (χ2n) is 6.30. The molecule has 2 nitrogen and oxygen atoms in total. The van der Waals surface area contributed by atoms with Crippen LogP contribution in [0.25, 0.3) is 0 Å². The van der Waals surface area contributed by atoms with Gasteiger partial charge in [-0.1, -0.05) is 36.4 Å². The first-order chi connectivity index (χ1) is 10.2. The van der Waals surface area contributed by atoms with E-state index in [1.54, 1.807) is 0 Å². The molecule has 0 heterocycles. The van der Waals surface area contributed by atoms with Crippen molar-refractivity contribution in [2.45, 2.75) is 31.8 Å². The van der Waals surface area contributed by atoms with Crippen LogP contribution in [0.5, 0.6) is 0 Å². The van der Waals surface area contributed by atoms with E-state index in [2.05, 4.69) is 72.8 Å². The zero-order chi connectivity index (χ0) is 14.7. The number of nitrogens with one attached hydrogen (secondary N) is 1. The number of rotatable bonds is 6. The normalized spacial score (nSPS) is 14.4. The lowest BCUT2D eigenvalue weighted by atomic mass is 10.1. The van der Waals surface area contributed by atoms with Gasteiger partial charge in [0.25, 0.3) is 0 Å². The molecule has 0 saturated heterocycles. The topological polar surface area (TPSA) is 15.3 Å². The predicted octanol–water partition coefficient (Wildman–Crippen LogP) is 4.24. The average Bonchev–Trinajstić information content (AvgIpc) is 3.31. The second kappa shape index (κ2) is 6.31. The lowest BCUT2D eigenvalue weighted by molar-refractivity contribution is 0.402. The third-order valence-electron chi connectivity index (χ3n) is 3.98. The van der Waals surface area contributed by atoms with Gasteiger partial charge in [0.15, 0.2) is 0 Å². The fraction of sp³-hybridized carbons (Fsp3) is 0.368. The highest BCUT2D eigenvalue weighted by Crippen LogP contribution is 2.39. The Kier molecular flexibility index (Phi) is 4.26. The molecule has 0 aliphatic heterocycles. The molecule has 1 saturated carbocycles. The van der Waals surface area contributed by atoms with Crippen molar-refractivity contribution < 1.29 is 0 Å². The smallest absolute Gasteiger partial charge is 0.0400 e. The highest BCUT2D eigenvalue weighted by Gasteiger charge is 2.22. The zero-order valence-electron chi connectivity index (χ0n) is 13.0. The van der Waals surface area contributed by atoms with Crippen molar-refractivity contribution in [3.63, 3.8) is 0 Å². The molecule has 0 unspecified atom stereocenters. The molecule has 0 atom stereocenters. The van der Waals surface area contributed by atoms with Gasteiger partial charge in [0.2, 0.25) is 0 Å². The van der Waals surface area contributed by atoms with E-state index in [0.717, 1.165) is 19.0 Å². The Hall–Kier alpha value is -1.80. The molecular weight excluding hydrogens is 256 g/mol. The van der Waals surface area contributed by atoms with Crippen LogP contribution in [0.3, 0.4) is 0 Å². The largest absolute Gasteiger partial charge is 0.381 e. The SMILES string of the molecule is CN(C)Cc1ccc(NCc2ccc(C3CC3)cc2)cc1. The van der Waals surface area contributed by atoms with Gasteiger partial charge in [-0.3, -0.25) is 0 Å². The molecule has 1 aliphatic rings. The van der Waals surface area contributed by atoms with Crippen molar-refractivity contribution in [2.24, 2.45) is 0 Å². The summed E-state index contributed by atoms with van der Waals surface area (Å²) < 4.78 is 0. The van der Waals surface area contributed by atoms with Gasteiger partial charge in [-0.05, 0) is 61.7 Å². The van der Waals surface area contributed by atoms with Crippen molar-refractivity contribution in [1.82, 2.24) is 4.90 Å². The van der Waals surface area contributed by atoms with E-state index in [4.69, 9.17) is 0 Å². The van der Waals surface area contributed by atoms with Crippen molar-refractivity contribution in [2.75, 3.05) is 19.4 Å². The van der Waals surface area contributed by atoms with Crippen LogP contribution in [0.2, 0.25) is 0 Å². The molecule has 0 radical (unpaired) electrons. The summed E-state index contributed by atoms with van der Waals surface area (Å²) in [6.45, 7) is 1.88. The molecule has 1 aliphatic carbocycles. The van der Waals surface area contributed by atoms with E-state index >= 15 is 0 Å². The summed E-state index contributed by atoms with van der Waals surface area (Å²) in [5.41, 5.74) is 5.38. The molecular formula is C19H24N2. The Morgan fingerprint density at radius 3 is 2.10 bits per heavy atom. The summed E-state index contributed by atoms with van der Waals surface area (Å²) in [7, 11) is 4.19. The van der Waals surface area contributed by atoms with E-state index in [0.29, 0.717) is 0 Å². The maximum atomic E-state index is 3.49. The number of nitrogens with zero attached hydrogens (tertiary/aromatic N) is 1. The summed E-state index contributed by atoms with van der Waals surface area (Å²) in [5.74, 6) is 0.844. The molecule has 1 N–H and O–H groups in total. The Balaban J connectivity index is 1.54. The fourth-order valence-corrected chi connectivity index (χ4v) is 2.62. The van der Waals surface area contributed by atoms with Gasteiger partial charge in [0.1, 0.15) is 0 Å². The van der Waals surface area contributed by atoms with Crippen LogP contribution in [0, 0.1) is 0 Å². The zero-order valence-corrected chi connectivity index (χ0v) is 13.0. The van der Waals surface area contributed by atoms with E-state index in [1.165, 1.54) is 35.2 Å². The minimum Gasteiger partial charge on any atom is -0.381 e. The minimum absolute atomic E-state index is 0.844. The third-order valence-corrected chi connectivity index (χ3v) is 3.98. The standard InChI is InChI=1S/C19H24N2/c1-21(2)14-16-5-11-19(12-6-16)20-13-15-3-7-17(8-4-15)18-9-10-18/h3-8,11-12,18,20H,9-10,13-14H2,1-2H3. The Morgan fingerprint density at radius 2 is 1.52 bits per heavy atom. The molecule has 2 heteroatoms. The van der Waals surface area contributed by atoms with Crippen molar-refractivity contribution in [1.29, 1.82) is 0 Å². The maximum absolute atomic E-state index is 3.49. The molecule has 110 valence electrons. The van der Waals surface area contributed by atoms with E-state index in [-0.39, 0.29) is 0 Å². The summed E-state index contributed by atoms with van der Waals surface area (Å²) in [6.07, 6.45) is 2.74. The van der Waals surface area contributed by atoms with Gasteiger partial charge in [-0.2, -0.15) is 0 Å². The molecule has 3 rings (SSSR count). The summed E-state index contributed by atoms with van der Waals surface area (Å²) in [6, 6.07) is 17.8. The first-order valence-electron chi connectivity index (χ1n) is 7.77. The lowest BCUT2D eigenvalue weighted by Gasteiger charge is -2.11.